The Morgan fingerprint density at radius 1 is 1.22 bits per heavy atom. The summed E-state index contributed by atoms with van der Waals surface area (Å²) in [6.45, 7) is 0.514. The number of rotatable bonds is 7. The van der Waals surface area contributed by atoms with E-state index >= 15 is 0 Å². The first-order chi connectivity index (χ1) is 8.50. The van der Waals surface area contributed by atoms with Gasteiger partial charge < -0.3 is 0 Å². The molecular weight excluding hydrogens is 338 g/mol. The molecule has 0 fully saturated rings. The van der Waals surface area contributed by atoms with Gasteiger partial charge >= 0.3 is 0 Å². The highest BCUT2D eigenvalue weighted by Gasteiger charge is 2.22. The van der Waals surface area contributed by atoms with Crippen LogP contribution in [0.2, 0.25) is 5.02 Å². The van der Waals surface area contributed by atoms with Crippen LogP contribution in [-0.4, -0.2) is 31.6 Å². The Bertz CT molecular complexity index is 479. The molecule has 0 unspecified atom stereocenters. The van der Waals surface area contributed by atoms with E-state index in [0.717, 1.165) is 24.6 Å². The number of halogens is 2. The second kappa shape index (κ2) is 7.48. The molecule has 0 atom stereocenters. The van der Waals surface area contributed by atoms with E-state index in [2.05, 4.69) is 15.9 Å². The quantitative estimate of drug-likeness (QED) is 0.555. The molecule has 0 bridgehead atoms. The maximum atomic E-state index is 12.2. The number of benzene rings is 1. The fourth-order valence-electron chi connectivity index (χ4n) is 1.55. The molecule has 6 heteroatoms. The second-order valence-corrected chi connectivity index (χ2v) is 7.22. The molecule has 0 aliphatic heterocycles. The van der Waals surface area contributed by atoms with Crippen molar-refractivity contribution in [2.24, 2.45) is 0 Å². The molecule has 0 N–H and O–H groups in total. The Labute approximate surface area is 122 Å². The molecule has 0 amide bonds. The topological polar surface area (TPSA) is 37.4 Å². The molecule has 0 aliphatic carbocycles. The number of sulfonamides is 1. The van der Waals surface area contributed by atoms with E-state index in [4.69, 9.17) is 11.6 Å². The van der Waals surface area contributed by atoms with Crippen molar-refractivity contribution in [3.63, 3.8) is 0 Å². The molecule has 0 radical (unpaired) electrons. The van der Waals surface area contributed by atoms with Gasteiger partial charge in [0.05, 0.1) is 5.02 Å². The van der Waals surface area contributed by atoms with E-state index in [1.165, 1.54) is 10.4 Å². The number of hydrogen-bond acceptors (Lipinski definition) is 2. The number of unbranched alkanes of at least 4 members (excludes halogenated alkanes) is 2. The van der Waals surface area contributed by atoms with Crippen molar-refractivity contribution in [2.75, 3.05) is 18.9 Å². The summed E-state index contributed by atoms with van der Waals surface area (Å²) in [5, 5.41) is 1.22. The van der Waals surface area contributed by atoms with Crippen molar-refractivity contribution >= 4 is 37.6 Å². The van der Waals surface area contributed by atoms with E-state index in [0.29, 0.717) is 6.54 Å². The Balaban J connectivity index is 2.72. The lowest BCUT2D eigenvalue weighted by Crippen LogP contribution is -2.28. The first kappa shape index (κ1) is 16.0. The summed E-state index contributed by atoms with van der Waals surface area (Å²) >= 11 is 9.28. The molecule has 0 saturated heterocycles. The zero-order chi connectivity index (χ0) is 13.6. The van der Waals surface area contributed by atoms with Gasteiger partial charge in [-0.3, -0.25) is 0 Å². The van der Waals surface area contributed by atoms with Crippen LogP contribution >= 0.6 is 27.5 Å². The summed E-state index contributed by atoms with van der Waals surface area (Å²) in [6.07, 6.45) is 2.92. The smallest absolute Gasteiger partial charge is 0.207 e. The normalized spacial score (nSPS) is 12.0. The Hall–Kier alpha value is -0.100. The molecule has 0 spiro atoms. The second-order valence-electron chi connectivity index (χ2n) is 4.01. The minimum atomic E-state index is -3.47. The zero-order valence-electron chi connectivity index (χ0n) is 10.3. The van der Waals surface area contributed by atoms with Gasteiger partial charge in [0.2, 0.25) is 10.0 Å². The summed E-state index contributed by atoms with van der Waals surface area (Å²) < 4.78 is 25.9. The lowest BCUT2D eigenvalue weighted by molar-refractivity contribution is 0.455. The van der Waals surface area contributed by atoms with Crippen LogP contribution in [-0.2, 0) is 10.0 Å². The molecule has 0 heterocycles. The minimum absolute atomic E-state index is 0.176. The molecule has 102 valence electrons. The molecule has 3 nitrogen and oxygen atoms in total. The van der Waals surface area contributed by atoms with Gasteiger partial charge in [-0.1, -0.05) is 46.1 Å². The summed E-state index contributed by atoms with van der Waals surface area (Å²) in [7, 11) is -1.88. The highest BCUT2D eigenvalue weighted by atomic mass is 79.9. The third-order valence-electron chi connectivity index (χ3n) is 2.63. The standard InChI is InChI=1S/C12H17BrClNO2S/c1-15(10-6-2-5-9-13)18(16,17)12-8-4-3-7-11(12)14/h3-4,7-8H,2,5-6,9-10H2,1H3. The first-order valence-corrected chi connectivity index (χ1v) is 8.71. The molecule has 1 rings (SSSR count). The van der Waals surface area contributed by atoms with E-state index in [-0.39, 0.29) is 9.92 Å². The van der Waals surface area contributed by atoms with Crippen molar-refractivity contribution in [3.05, 3.63) is 29.3 Å². The summed E-state index contributed by atoms with van der Waals surface area (Å²) in [4.78, 5) is 0.176. The van der Waals surface area contributed by atoms with Gasteiger partial charge in [-0.15, -0.1) is 0 Å². The fraction of sp³-hybridized carbons (Fsp3) is 0.500. The number of nitrogens with zero attached hydrogens (tertiary/aromatic N) is 1. The highest BCUT2D eigenvalue weighted by Crippen LogP contribution is 2.23. The fourth-order valence-corrected chi connectivity index (χ4v) is 3.64. The molecule has 0 aromatic heterocycles. The average molecular weight is 355 g/mol. The van der Waals surface area contributed by atoms with Crippen LogP contribution in [0.25, 0.3) is 0 Å². The van der Waals surface area contributed by atoms with E-state index in [9.17, 15) is 8.42 Å². The molecule has 1 aromatic carbocycles. The van der Waals surface area contributed by atoms with Crippen LogP contribution < -0.4 is 0 Å². The first-order valence-electron chi connectivity index (χ1n) is 5.77. The Morgan fingerprint density at radius 2 is 1.89 bits per heavy atom. The van der Waals surface area contributed by atoms with Gasteiger partial charge in [-0.05, 0) is 25.0 Å². The van der Waals surface area contributed by atoms with Crippen molar-refractivity contribution < 1.29 is 8.42 Å². The largest absolute Gasteiger partial charge is 0.244 e. The van der Waals surface area contributed by atoms with Crippen LogP contribution in [0.5, 0.6) is 0 Å². The summed E-state index contributed by atoms with van der Waals surface area (Å²) in [6, 6.07) is 6.52. The molecule has 0 aliphatic rings. The van der Waals surface area contributed by atoms with Crippen LogP contribution in [0.4, 0.5) is 0 Å². The van der Waals surface area contributed by atoms with Gasteiger partial charge in [-0.25, -0.2) is 12.7 Å². The highest BCUT2D eigenvalue weighted by molar-refractivity contribution is 9.09. The number of alkyl halides is 1. The third kappa shape index (κ3) is 4.23. The van der Waals surface area contributed by atoms with Crippen molar-refractivity contribution in [2.45, 2.75) is 24.2 Å². The van der Waals surface area contributed by atoms with Crippen LogP contribution in [0, 0.1) is 0 Å². The lowest BCUT2D eigenvalue weighted by atomic mass is 10.2. The van der Waals surface area contributed by atoms with Crippen LogP contribution in [0.3, 0.4) is 0 Å². The minimum Gasteiger partial charge on any atom is -0.207 e. The van der Waals surface area contributed by atoms with Crippen molar-refractivity contribution in [1.82, 2.24) is 4.31 Å². The van der Waals surface area contributed by atoms with E-state index in [1.54, 1.807) is 25.2 Å². The van der Waals surface area contributed by atoms with Crippen LogP contribution in [0.1, 0.15) is 19.3 Å². The molecule has 1 aromatic rings. The molecular formula is C12H17BrClNO2S. The van der Waals surface area contributed by atoms with Crippen molar-refractivity contribution in [3.8, 4) is 0 Å². The maximum absolute atomic E-state index is 12.2. The van der Waals surface area contributed by atoms with Gasteiger partial charge in [0, 0.05) is 18.9 Å². The van der Waals surface area contributed by atoms with E-state index < -0.39 is 10.0 Å². The zero-order valence-corrected chi connectivity index (χ0v) is 13.4. The predicted molar refractivity (Wildman–Crippen MR) is 78.9 cm³/mol. The number of hydrogen-bond donors (Lipinski definition) is 0. The van der Waals surface area contributed by atoms with Gasteiger partial charge in [0.1, 0.15) is 4.90 Å². The Morgan fingerprint density at radius 3 is 2.50 bits per heavy atom. The lowest BCUT2D eigenvalue weighted by Gasteiger charge is -2.17. The van der Waals surface area contributed by atoms with Crippen molar-refractivity contribution in [1.29, 1.82) is 0 Å². The van der Waals surface area contributed by atoms with E-state index in [1.807, 2.05) is 0 Å². The monoisotopic (exact) mass is 353 g/mol. The van der Waals surface area contributed by atoms with Crippen LogP contribution in [0.15, 0.2) is 29.2 Å². The van der Waals surface area contributed by atoms with Gasteiger partial charge in [0.15, 0.2) is 0 Å². The van der Waals surface area contributed by atoms with Gasteiger partial charge in [0.25, 0.3) is 0 Å². The summed E-state index contributed by atoms with van der Waals surface area (Å²) in [5.41, 5.74) is 0. The summed E-state index contributed by atoms with van der Waals surface area (Å²) in [5.74, 6) is 0. The SMILES string of the molecule is CN(CCCCCBr)S(=O)(=O)c1ccccc1Cl. The predicted octanol–water partition coefficient (Wildman–Crippen LogP) is 3.53. The molecule has 18 heavy (non-hydrogen) atoms. The molecule has 0 saturated carbocycles. The average Bonchev–Trinajstić information content (AvgIpc) is 2.34. The maximum Gasteiger partial charge on any atom is 0.244 e. The Kier molecular flexibility index (Phi) is 6.63. The third-order valence-corrected chi connectivity index (χ3v) is 5.55. The van der Waals surface area contributed by atoms with Gasteiger partial charge in [-0.2, -0.15) is 0 Å².